The van der Waals surface area contributed by atoms with Crippen molar-refractivity contribution in [1.82, 2.24) is 9.88 Å². The Hall–Kier alpha value is -2.35. The Morgan fingerprint density at radius 2 is 2.04 bits per heavy atom. The van der Waals surface area contributed by atoms with E-state index in [1.54, 1.807) is 18.3 Å². The summed E-state index contributed by atoms with van der Waals surface area (Å²) < 4.78 is 27.1. The second-order valence-electron chi connectivity index (χ2n) is 6.23. The molecule has 8 heteroatoms. The van der Waals surface area contributed by atoms with Crippen LogP contribution in [-0.2, 0) is 9.59 Å². The molecule has 2 atom stereocenters. The topological polar surface area (TPSA) is 62.3 Å². The highest BCUT2D eigenvalue weighted by atomic mass is 79.9. The zero-order valence-electron chi connectivity index (χ0n) is 13.9. The Morgan fingerprint density at radius 1 is 1.27 bits per heavy atom. The average Bonchev–Trinajstić information content (AvgIpc) is 3.39. The molecule has 5 nitrogen and oxygen atoms in total. The number of likely N-dealkylation sites (N-methyl/N-ethyl adjacent to an activating group) is 1. The number of anilines is 1. The van der Waals surface area contributed by atoms with Gasteiger partial charge in [-0.2, -0.15) is 0 Å². The van der Waals surface area contributed by atoms with Gasteiger partial charge in [0.15, 0.2) is 11.6 Å². The number of carbonyl (C=O) groups is 2. The first-order valence-electron chi connectivity index (χ1n) is 7.96. The third-order valence-electron chi connectivity index (χ3n) is 4.23. The van der Waals surface area contributed by atoms with E-state index >= 15 is 0 Å². The van der Waals surface area contributed by atoms with Gasteiger partial charge in [0.2, 0.25) is 11.8 Å². The van der Waals surface area contributed by atoms with Crippen LogP contribution in [0.4, 0.5) is 14.6 Å². The average molecular weight is 424 g/mol. The number of amides is 2. The Labute approximate surface area is 157 Å². The third kappa shape index (κ3) is 4.24. The van der Waals surface area contributed by atoms with Crippen LogP contribution in [-0.4, -0.2) is 35.3 Å². The second-order valence-corrected chi connectivity index (χ2v) is 7.14. The molecule has 1 aliphatic rings. The predicted molar refractivity (Wildman–Crippen MR) is 95.4 cm³/mol. The number of aromatic nitrogens is 1. The Balaban J connectivity index is 1.54. The van der Waals surface area contributed by atoms with Crippen molar-refractivity contribution in [2.45, 2.75) is 12.3 Å². The number of hydrogen-bond donors (Lipinski definition) is 1. The number of benzene rings is 1. The molecule has 2 unspecified atom stereocenters. The maximum Gasteiger partial charge on any atom is 0.245 e. The lowest BCUT2D eigenvalue weighted by molar-refractivity contribution is -0.134. The van der Waals surface area contributed by atoms with Crippen molar-refractivity contribution in [3.8, 4) is 0 Å². The highest BCUT2D eigenvalue weighted by Crippen LogP contribution is 2.48. The van der Waals surface area contributed by atoms with E-state index in [4.69, 9.17) is 0 Å². The molecule has 0 radical (unpaired) electrons. The van der Waals surface area contributed by atoms with Crippen LogP contribution < -0.4 is 5.32 Å². The van der Waals surface area contributed by atoms with Gasteiger partial charge in [0.25, 0.3) is 0 Å². The zero-order valence-corrected chi connectivity index (χ0v) is 15.5. The van der Waals surface area contributed by atoms with Gasteiger partial charge >= 0.3 is 0 Å². The lowest BCUT2D eigenvalue weighted by Crippen LogP contribution is -2.36. The molecule has 1 fully saturated rings. The Kier molecular flexibility index (Phi) is 5.31. The van der Waals surface area contributed by atoms with E-state index < -0.39 is 11.6 Å². The second kappa shape index (κ2) is 7.49. The highest BCUT2D eigenvalue weighted by molar-refractivity contribution is 9.10. The van der Waals surface area contributed by atoms with Gasteiger partial charge in [-0.1, -0.05) is 6.07 Å². The molecule has 1 N–H and O–H groups in total. The van der Waals surface area contributed by atoms with Crippen molar-refractivity contribution in [3.05, 3.63) is 58.2 Å². The first kappa shape index (κ1) is 18.4. The Morgan fingerprint density at radius 3 is 2.69 bits per heavy atom. The van der Waals surface area contributed by atoms with Crippen LogP contribution >= 0.6 is 15.9 Å². The number of nitrogens with one attached hydrogen (secondary N) is 1. The quantitative estimate of drug-likeness (QED) is 0.801. The van der Waals surface area contributed by atoms with E-state index in [1.807, 2.05) is 0 Å². The normalized spacial score (nSPS) is 18.3. The smallest absolute Gasteiger partial charge is 0.245 e. The van der Waals surface area contributed by atoms with E-state index in [0.717, 1.165) is 16.6 Å². The lowest BCUT2D eigenvalue weighted by Gasteiger charge is -2.17. The molecule has 0 saturated heterocycles. The molecule has 2 amide bonds. The predicted octanol–water partition coefficient (Wildman–Crippen LogP) is 3.32. The molecule has 1 aromatic carbocycles. The fourth-order valence-electron chi connectivity index (χ4n) is 2.79. The minimum Gasteiger partial charge on any atom is -0.336 e. The molecular formula is C18H16BrF2N3O2. The van der Waals surface area contributed by atoms with Gasteiger partial charge in [0, 0.05) is 23.6 Å². The number of halogens is 3. The first-order chi connectivity index (χ1) is 12.3. The summed E-state index contributed by atoms with van der Waals surface area (Å²) in [4.78, 5) is 29.8. The molecule has 2 aromatic rings. The summed E-state index contributed by atoms with van der Waals surface area (Å²) in [6, 6.07) is 7.06. The maximum absolute atomic E-state index is 13.3. The van der Waals surface area contributed by atoms with Gasteiger partial charge in [-0.15, -0.1) is 0 Å². The summed E-state index contributed by atoms with van der Waals surface area (Å²) >= 11 is 3.25. The van der Waals surface area contributed by atoms with Crippen molar-refractivity contribution in [1.29, 1.82) is 0 Å². The van der Waals surface area contributed by atoms with Gasteiger partial charge in [-0.05, 0) is 58.1 Å². The minimum atomic E-state index is -0.921. The zero-order chi connectivity index (χ0) is 18.8. The summed E-state index contributed by atoms with van der Waals surface area (Å²) in [6.45, 7) is -0.114. The van der Waals surface area contributed by atoms with Crippen LogP contribution in [0.5, 0.6) is 0 Å². The summed E-state index contributed by atoms with van der Waals surface area (Å²) in [5, 5.41) is 2.61. The SMILES string of the molecule is CN(CC(=O)Nc1ccc(Br)cn1)C(=O)C1CC1c1ccc(F)c(F)c1. The van der Waals surface area contributed by atoms with Gasteiger partial charge in [0.05, 0.1) is 6.54 Å². The van der Waals surface area contributed by atoms with E-state index in [-0.39, 0.29) is 30.2 Å². The van der Waals surface area contributed by atoms with Gasteiger partial charge in [-0.25, -0.2) is 13.8 Å². The molecule has 1 aromatic heterocycles. The molecule has 0 aliphatic heterocycles. The summed E-state index contributed by atoms with van der Waals surface area (Å²) in [5.41, 5.74) is 0.596. The van der Waals surface area contributed by atoms with Crippen molar-refractivity contribution in [2.75, 3.05) is 18.9 Å². The molecule has 0 bridgehead atoms. The van der Waals surface area contributed by atoms with Gasteiger partial charge in [0.1, 0.15) is 5.82 Å². The van der Waals surface area contributed by atoms with Crippen LogP contribution in [0.2, 0.25) is 0 Å². The monoisotopic (exact) mass is 423 g/mol. The number of carbonyl (C=O) groups excluding carboxylic acids is 2. The molecule has 1 heterocycles. The van der Waals surface area contributed by atoms with Crippen molar-refractivity contribution < 1.29 is 18.4 Å². The molecule has 136 valence electrons. The number of nitrogens with zero attached hydrogens (tertiary/aromatic N) is 2. The van der Waals surface area contributed by atoms with E-state index in [0.29, 0.717) is 17.8 Å². The molecule has 1 saturated carbocycles. The third-order valence-corrected chi connectivity index (χ3v) is 4.70. The van der Waals surface area contributed by atoms with Crippen molar-refractivity contribution in [2.24, 2.45) is 5.92 Å². The van der Waals surface area contributed by atoms with E-state index in [9.17, 15) is 18.4 Å². The van der Waals surface area contributed by atoms with Crippen LogP contribution in [0.3, 0.4) is 0 Å². The summed E-state index contributed by atoms with van der Waals surface area (Å²) in [6.07, 6.45) is 2.12. The minimum absolute atomic E-state index is 0.114. The summed E-state index contributed by atoms with van der Waals surface area (Å²) in [5.74, 6) is -2.45. The number of hydrogen-bond acceptors (Lipinski definition) is 3. The standard InChI is InChI=1S/C18H16BrF2N3O2/c1-24(9-17(25)23-16-5-3-11(19)8-22-16)18(26)13-7-12(13)10-2-4-14(20)15(21)6-10/h2-6,8,12-13H,7,9H2,1H3,(H,22,23,25). The maximum atomic E-state index is 13.3. The van der Waals surface area contributed by atoms with Crippen molar-refractivity contribution in [3.63, 3.8) is 0 Å². The van der Waals surface area contributed by atoms with E-state index in [2.05, 4.69) is 26.2 Å². The largest absolute Gasteiger partial charge is 0.336 e. The fraction of sp³-hybridized carbons (Fsp3) is 0.278. The number of pyridine rings is 1. The van der Waals surface area contributed by atoms with Crippen LogP contribution in [0, 0.1) is 17.6 Å². The van der Waals surface area contributed by atoms with Crippen LogP contribution in [0.25, 0.3) is 0 Å². The van der Waals surface area contributed by atoms with Crippen LogP contribution in [0.15, 0.2) is 41.0 Å². The summed E-state index contributed by atoms with van der Waals surface area (Å²) in [7, 11) is 1.54. The molecular weight excluding hydrogens is 408 g/mol. The molecule has 26 heavy (non-hydrogen) atoms. The first-order valence-corrected chi connectivity index (χ1v) is 8.76. The highest BCUT2D eigenvalue weighted by Gasteiger charge is 2.45. The van der Waals surface area contributed by atoms with Crippen LogP contribution in [0.1, 0.15) is 17.9 Å². The van der Waals surface area contributed by atoms with E-state index in [1.165, 1.54) is 18.0 Å². The fourth-order valence-corrected chi connectivity index (χ4v) is 3.02. The van der Waals surface area contributed by atoms with Gasteiger partial charge < -0.3 is 10.2 Å². The molecule has 3 rings (SSSR count). The van der Waals surface area contributed by atoms with Crippen molar-refractivity contribution >= 4 is 33.6 Å². The lowest BCUT2D eigenvalue weighted by atomic mass is 10.1. The number of rotatable bonds is 5. The molecule has 1 aliphatic carbocycles. The molecule has 0 spiro atoms. The van der Waals surface area contributed by atoms with Gasteiger partial charge in [-0.3, -0.25) is 9.59 Å². The Bertz CT molecular complexity index is 845.